The van der Waals surface area contributed by atoms with Crippen molar-refractivity contribution < 1.29 is 9.18 Å². The average Bonchev–Trinajstić information content (AvgIpc) is 3.10. The Balaban J connectivity index is 1.25. The van der Waals surface area contributed by atoms with Crippen LogP contribution in [0.2, 0.25) is 0 Å². The summed E-state index contributed by atoms with van der Waals surface area (Å²) in [5.41, 5.74) is 1.13. The molecule has 3 nitrogen and oxygen atoms in total. The SMILES string of the molecule is O=C(NC1CCN(CCc2ccc(F)cc2)C1)C12CCC(CC1)CC2. The van der Waals surface area contributed by atoms with Crippen LogP contribution in [0.4, 0.5) is 4.39 Å². The van der Waals surface area contributed by atoms with Crippen molar-refractivity contribution in [3.05, 3.63) is 35.6 Å². The fraction of sp³-hybridized carbons (Fsp3) is 0.667. The van der Waals surface area contributed by atoms with E-state index in [-0.39, 0.29) is 11.2 Å². The second-order valence-electron chi connectivity index (χ2n) is 8.40. The van der Waals surface area contributed by atoms with Gasteiger partial charge in [0.25, 0.3) is 0 Å². The number of hydrogen-bond acceptors (Lipinski definition) is 2. The number of fused-ring (bicyclic) bond motifs is 3. The molecule has 4 heteroatoms. The minimum atomic E-state index is -0.177. The number of amides is 1. The molecule has 1 aromatic carbocycles. The number of hydrogen-bond donors (Lipinski definition) is 1. The molecule has 1 aliphatic heterocycles. The highest BCUT2D eigenvalue weighted by atomic mass is 19.1. The number of carbonyl (C=O) groups is 1. The highest BCUT2D eigenvalue weighted by Crippen LogP contribution is 2.50. The van der Waals surface area contributed by atoms with Crippen LogP contribution in [0.25, 0.3) is 0 Å². The van der Waals surface area contributed by atoms with Crippen LogP contribution in [0.1, 0.15) is 50.5 Å². The quantitative estimate of drug-likeness (QED) is 0.886. The Labute approximate surface area is 150 Å². The zero-order chi connectivity index (χ0) is 17.3. The lowest BCUT2D eigenvalue weighted by atomic mass is 9.60. The van der Waals surface area contributed by atoms with Crippen LogP contribution in [0, 0.1) is 17.2 Å². The highest BCUT2D eigenvalue weighted by molar-refractivity contribution is 5.83. The van der Waals surface area contributed by atoms with Gasteiger partial charge in [-0.3, -0.25) is 4.79 Å². The minimum absolute atomic E-state index is 0.0454. The molecule has 3 aliphatic carbocycles. The molecular weight excluding hydrogens is 315 g/mol. The third kappa shape index (κ3) is 3.74. The summed E-state index contributed by atoms with van der Waals surface area (Å²) in [6.45, 7) is 2.97. The van der Waals surface area contributed by atoms with Crippen LogP contribution >= 0.6 is 0 Å². The van der Waals surface area contributed by atoms with Crippen LogP contribution in [0.3, 0.4) is 0 Å². The van der Waals surface area contributed by atoms with Crippen molar-refractivity contribution in [1.82, 2.24) is 10.2 Å². The molecule has 4 fully saturated rings. The summed E-state index contributed by atoms with van der Waals surface area (Å²) in [6.07, 6.45) is 9.05. The van der Waals surface area contributed by atoms with Gasteiger partial charge in [0.05, 0.1) is 0 Å². The Morgan fingerprint density at radius 2 is 1.80 bits per heavy atom. The molecular formula is C21H29FN2O. The van der Waals surface area contributed by atoms with E-state index in [1.165, 1.54) is 37.0 Å². The van der Waals surface area contributed by atoms with Gasteiger partial charge in [0.15, 0.2) is 0 Å². The van der Waals surface area contributed by atoms with Gasteiger partial charge < -0.3 is 10.2 Å². The predicted octanol–water partition coefficient (Wildman–Crippen LogP) is 3.53. The van der Waals surface area contributed by atoms with Crippen molar-refractivity contribution in [3.63, 3.8) is 0 Å². The number of nitrogens with one attached hydrogen (secondary N) is 1. The summed E-state index contributed by atoms with van der Waals surface area (Å²) >= 11 is 0. The Kier molecular flexibility index (Phi) is 4.81. The molecule has 4 aliphatic rings. The molecule has 0 aromatic heterocycles. The van der Waals surface area contributed by atoms with Crippen molar-refractivity contribution in [1.29, 1.82) is 0 Å². The van der Waals surface area contributed by atoms with Crippen molar-refractivity contribution >= 4 is 5.91 Å². The van der Waals surface area contributed by atoms with Gasteiger partial charge >= 0.3 is 0 Å². The van der Waals surface area contributed by atoms with Crippen LogP contribution in [-0.2, 0) is 11.2 Å². The molecule has 5 rings (SSSR count). The average molecular weight is 344 g/mol. The zero-order valence-corrected chi connectivity index (χ0v) is 15.0. The first-order valence-electron chi connectivity index (χ1n) is 9.91. The smallest absolute Gasteiger partial charge is 0.226 e. The summed E-state index contributed by atoms with van der Waals surface area (Å²) < 4.78 is 13.0. The molecule has 2 bridgehead atoms. The van der Waals surface area contributed by atoms with Gasteiger partial charge in [0.1, 0.15) is 5.82 Å². The fourth-order valence-electron chi connectivity index (χ4n) is 5.02. The molecule has 1 amide bonds. The molecule has 25 heavy (non-hydrogen) atoms. The Bertz CT molecular complexity index is 593. The van der Waals surface area contributed by atoms with Crippen molar-refractivity contribution in [3.8, 4) is 0 Å². The lowest BCUT2D eigenvalue weighted by Gasteiger charge is -2.45. The number of nitrogens with zero attached hydrogens (tertiary/aromatic N) is 1. The van der Waals surface area contributed by atoms with E-state index in [9.17, 15) is 9.18 Å². The van der Waals surface area contributed by atoms with Gasteiger partial charge in [-0.05, 0) is 75.0 Å². The molecule has 3 saturated carbocycles. The van der Waals surface area contributed by atoms with Gasteiger partial charge in [0.2, 0.25) is 5.91 Å². The lowest BCUT2D eigenvalue weighted by molar-refractivity contribution is -0.137. The molecule has 1 saturated heterocycles. The summed E-state index contributed by atoms with van der Waals surface area (Å²) in [5, 5.41) is 3.37. The van der Waals surface area contributed by atoms with E-state index in [0.717, 1.165) is 57.7 Å². The van der Waals surface area contributed by atoms with E-state index >= 15 is 0 Å². The zero-order valence-electron chi connectivity index (χ0n) is 15.0. The number of benzene rings is 1. The van der Waals surface area contributed by atoms with Gasteiger partial charge in [0, 0.05) is 31.1 Å². The Hall–Kier alpha value is -1.42. The van der Waals surface area contributed by atoms with Crippen LogP contribution in [0.15, 0.2) is 24.3 Å². The topological polar surface area (TPSA) is 32.3 Å². The highest BCUT2D eigenvalue weighted by Gasteiger charge is 2.46. The molecule has 0 spiro atoms. The summed E-state index contributed by atoms with van der Waals surface area (Å²) in [5.74, 6) is 1.04. The van der Waals surface area contributed by atoms with Gasteiger partial charge in [-0.25, -0.2) is 4.39 Å². The third-order valence-corrected chi connectivity index (χ3v) is 6.81. The van der Waals surface area contributed by atoms with Crippen LogP contribution < -0.4 is 5.32 Å². The molecule has 136 valence electrons. The molecule has 1 aromatic rings. The third-order valence-electron chi connectivity index (χ3n) is 6.81. The number of rotatable bonds is 5. The maximum Gasteiger partial charge on any atom is 0.226 e. The first kappa shape index (κ1) is 17.0. The van der Waals surface area contributed by atoms with Crippen molar-refractivity contribution in [2.24, 2.45) is 11.3 Å². The van der Waals surface area contributed by atoms with Crippen molar-refractivity contribution in [2.45, 2.75) is 57.4 Å². The number of carbonyl (C=O) groups excluding carboxylic acids is 1. The Morgan fingerprint density at radius 1 is 1.12 bits per heavy atom. The second kappa shape index (κ2) is 7.06. The summed E-state index contributed by atoms with van der Waals surface area (Å²) in [6, 6.07) is 7.09. The molecule has 1 N–H and O–H groups in total. The molecule has 0 radical (unpaired) electrons. The normalized spacial score (nSPS) is 32.0. The van der Waals surface area contributed by atoms with Gasteiger partial charge in [-0.1, -0.05) is 12.1 Å². The van der Waals surface area contributed by atoms with E-state index in [0.29, 0.717) is 11.9 Å². The predicted molar refractivity (Wildman–Crippen MR) is 96.7 cm³/mol. The standard InChI is InChI=1S/C21H29FN2O/c22-18-3-1-16(2-4-18)8-13-24-14-9-19(15-24)23-20(25)21-10-5-17(6-11-21)7-12-21/h1-4,17,19H,5-15H2,(H,23,25). The fourth-order valence-corrected chi connectivity index (χ4v) is 5.02. The van der Waals surface area contributed by atoms with E-state index < -0.39 is 0 Å². The van der Waals surface area contributed by atoms with Gasteiger partial charge in [-0.2, -0.15) is 0 Å². The molecule has 1 heterocycles. The molecule has 1 atom stereocenters. The largest absolute Gasteiger partial charge is 0.352 e. The van der Waals surface area contributed by atoms with Crippen LogP contribution in [-0.4, -0.2) is 36.5 Å². The van der Waals surface area contributed by atoms with E-state index in [2.05, 4.69) is 10.2 Å². The monoisotopic (exact) mass is 344 g/mol. The number of halogens is 1. The molecule has 1 unspecified atom stereocenters. The maximum atomic E-state index is 13.0. The minimum Gasteiger partial charge on any atom is -0.352 e. The second-order valence-corrected chi connectivity index (χ2v) is 8.40. The van der Waals surface area contributed by atoms with Gasteiger partial charge in [-0.15, -0.1) is 0 Å². The lowest BCUT2D eigenvalue weighted by Crippen LogP contribution is -2.50. The maximum absolute atomic E-state index is 13.0. The Morgan fingerprint density at radius 3 is 2.48 bits per heavy atom. The first-order chi connectivity index (χ1) is 12.1. The summed E-state index contributed by atoms with van der Waals surface area (Å²) in [4.78, 5) is 15.3. The van der Waals surface area contributed by atoms with Crippen LogP contribution in [0.5, 0.6) is 0 Å². The first-order valence-corrected chi connectivity index (χ1v) is 9.91. The van der Waals surface area contributed by atoms with Crippen molar-refractivity contribution in [2.75, 3.05) is 19.6 Å². The van der Waals surface area contributed by atoms with E-state index in [4.69, 9.17) is 0 Å². The van der Waals surface area contributed by atoms with E-state index in [1.54, 1.807) is 0 Å². The number of likely N-dealkylation sites (tertiary alicyclic amines) is 1. The summed E-state index contributed by atoms with van der Waals surface area (Å²) in [7, 11) is 0. The van der Waals surface area contributed by atoms with E-state index in [1.807, 2.05) is 12.1 Å².